The quantitative estimate of drug-likeness (QED) is 0.116. The fourth-order valence-electron chi connectivity index (χ4n) is 5.61. The molecule has 3 rings (SSSR count). The van der Waals surface area contributed by atoms with Gasteiger partial charge in [0, 0.05) is 22.8 Å². The molecule has 0 bridgehead atoms. The molecule has 0 unspecified atom stereocenters. The molecule has 0 aromatic heterocycles. The van der Waals surface area contributed by atoms with Crippen molar-refractivity contribution in [3.8, 4) is 17.2 Å². The SMILES string of the molecule is CC(=CCCC(C)=CC[C@]1(O)C(=O)c2c(O)cc(C)c3c(O)c(C)c(O)c(c23)C1=O)CCC=C(CO)CC[C@H](O)C(C)(C)O. The number of carbonyl (C=O) groups is 2. The van der Waals surface area contributed by atoms with Crippen LogP contribution < -0.4 is 0 Å². The number of phenols is 3. The molecule has 0 radical (unpaired) electrons. The first kappa shape index (κ1) is 35.0. The Bertz CT molecular complexity index is 1540. The van der Waals surface area contributed by atoms with Crippen LogP contribution in [0.3, 0.4) is 0 Å². The molecule has 1 aliphatic carbocycles. The summed E-state index contributed by atoms with van der Waals surface area (Å²) in [6.45, 7) is 9.86. The first-order valence-corrected chi connectivity index (χ1v) is 15.0. The van der Waals surface area contributed by atoms with Crippen molar-refractivity contribution in [3.05, 3.63) is 63.3 Å². The number of aromatic hydroxyl groups is 3. The van der Waals surface area contributed by atoms with E-state index in [-0.39, 0.29) is 46.2 Å². The van der Waals surface area contributed by atoms with Gasteiger partial charge in [-0.1, -0.05) is 29.4 Å². The van der Waals surface area contributed by atoms with Crippen molar-refractivity contribution in [3.63, 3.8) is 0 Å². The minimum atomic E-state index is -2.53. The van der Waals surface area contributed by atoms with Crippen LogP contribution in [0.25, 0.3) is 10.8 Å². The van der Waals surface area contributed by atoms with E-state index in [9.17, 15) is 45.3 Å². The van der Waals surface area contributed by atoms with Gasteiger partial charge in [-0.3, -0.25) is 9.59 Å². The lowest BCUT2D eigenvalue weighted by atomic mass is 9.73. The fourth-order valence-corrected chi connectivity index (χ4v) is 5.61. The second kappa shape index (κ2) is 13.6. The molecule has 0 spiro atoms. The number of Topliss-reactive ketones (excluding diaryl/α,β-unsaturated/α-hetero) is 2. The van der Waals surface area contributed by atoms with E-state index in [0.717, 1.165) is 23.1 Å². The Hall–Kier alpha value is -3.50. The maximum Gasteiger partial charge on any atom is 0.207 e. The maximum absolute atomic E-state index is 13.6. The van der Waals surface area contributed by atoms with Crippen LogP contribution in [0.15, 0.2) is 41.0 Å². The Morgan fingerprint density at radius 2 is 1.45 bits per heavy atom. The highest BCUT2D eigenvalue weighted by Crippen LogP contribution is 2.49. The van der Waals surface area contributed by atoms with Gasteiger partial charge < -0.3 is 35.7 Å². The average Bonchev–Trinajstić information content (AvgIpc) is 2.94. The Morgan fingerprint density at radius 1 is 0.886 bits per heavy atom. The molecular formula is C35H46O9. The molecular weight excluding hydrogens is 564 g/mol. The van der Waals surface area contributed by atoms with E-state index in [2.05, 4.69) is 6.08 Å². The molecule has 0 fully saturated rings. The first-order chi connectivity index (χ1) is 20.4. The standard InChI is InChI=1S/C35H46O9/c1-19(11-8-12-23(18-36)13-14-25(38)34(5,6)43)9-7-10-20(2)15-16-35(44)32(41)27-24(37)17-21(3)26-28(27)29(33(35)42)31(40)22(4)30(26)39/h9,12,15,17,25,36-40,43-44H,7-8,10-11,13-14,16,18H2,1-6H3/t25-,35-/m0/s1. The van der Waals surface area contributed by atoms with Crippen LogP contribution in [0, 0.1) is 13.8 Å². The van der Waals surface area contributed by atoms with Crippen molar-refractivity contribution in [2.24, 2.45) is 0 Å². The predicted octanol–water partition coefficient (Wildman–Crippen LogP) is 5.36. The molecule has 0 amide bonds. The molecule has 0 saturated heterocycles. The second-order valence-corrected chi connectivity index (χ2v) is 12.7. The molecule has 0 saturated carbocycles. The maximum atomic E-state index is 13.6. The minimum absolute atomic E-state index is 0.0405. The van der Waals surface area contributed by atoms with Crippen molar-refractivity contribution < 1.29 is 45.3 Å². The van der Waals surface area contributed by atoms with Gasteiger partial charge >= 0.3 is 0 Å². The molecule has 9 heteroatoms. The zero-order valence-corrected chi connectivity index (χ0v) is 26.5. The van der Waals surface area contributed by atoms with Gasteiger partial charge in [0.1, 0.15) is 17.2 Å². The summed E-state index contributed by atoms with van der Waals surface area (Å²) in [4.78, 5) is 27.1. The van der Waals surface area contributed by atoms with Gasteiger partial charge in [-0.25, -0.2) is 0 Å². The lowest BCUT2D eigenvalue weighted by Crippen LogP contribution is -2.49. The van der Waals surface area contributed by atoms with Crippen LogP contribution in [-0.4, -0.2) is 71.2 Å². The summed E-state index contributed by atoms with van der Waals surface area (Å²) in [6, 6.07) is 1.30. The van der Waals surface area contributed by atoms with Crippen LogP contribution in [0.5, 0.6) is 17.2 Å². The van der Waals surface area contributed by atoms with Crippen molar-refractivity contribution >= 4 is 22.3 Å². The smallest absolute Gasteiger partial charge is 0.207 e. The third-order valence-electron chi connectivity index (χ3n) is 8.65. The van der Waals surface area contributed by atoms with Crippen LogP contribution in [-0.2, 0) is 0 Å². The number of ketones is 2. The van der Waals surface area contributed by atoms with Crippen molar-refractivity contribution in [2.45, 2.75) is 104 Å². The van der Waals surface area contributed by atoms with Gasteiger partial charge in [-0.2, -0.15) is 0 Å². The highest BCUT2D eigenvalue weighted by molar-refractivity contribution is 6.36. The normalized spacial score (nSPS) is 18.8. The number of allylic oxidation sites excluding steroid dienone is 4. The number of carbonyl (C=O) groups excluding carboxylic acids is 2. The zero-order chi connectivity index (χ0) is 33.1. The second-order valence-electron chi connectivity index (χ2n) is 12.7. The molecule has 2 aromatic rings. The first-order valence-electron chi connectivity index (χ1n) is 15.0. The van der Waals surface area contributed by atoms with Crippen LogP contribution >= 0.6 is 0 Å². The van der Waals surface area contributed by atoms with E-state index in [0.29, 0.717) is 37.7 Å². The van der Waals surface area contributed by atoms with E-state index in [1.54, 1.807) is 26.8 Å². The molecule has 2 atom stereocenters. The van der Waals surface area contributed by atoms with Crippen LogP contribution in [0.4, 0.5) is 0 Å². The highest BCUT2D eigenvalue weighted by atomic mass is 16.3. The van der Waals surface area contributed by atoms with Gasteiger partial charge in [0.2, 0.25) is 11.6 Å². The molecule has 1 aliphatic rings. The summed E-state index contributed by atoms with van der Waals surface area (Å²) < 4.78 is 0. The lowest BCUT2D eigenvalue weighted by molar-refractivity contribution is -0.0511. The summed E-state index contributed by atoms with van der Waals surface area (Å²) in [7, 11) is 0. The molecule has 0 aliphatic heterocycles. The number of aryl methyl sites for hydroxylation is 1. The third kappa shape index (κ3) is 7.07. The minimum Gasteiger partial charge on any atom is -0.507 e. The number of aliphatic hydroxyl groups excluding tert-OH is 2. The number of benzene rings is 2. The molecule has 240 valence electrons. The summed E-state index contributed by atoms with van der Waals surface area (Å²) in [5, 5.41) is 73.2. The summed E-state index contributed by atoms with van der Waals surface area (Å²) in [5.74, 6) is -3.23. The Kier molecular flexibility index (Phi) is 10.9. The number of aliphatic hydroxyl groups is 4. The van der Waals surface area contributed by atoms with Crippen molar-refractivity contribution in [1.82, 2.24) is 0 Å². The zero-order valence-electron chi connectivity index (χ0n) is 26.5. The Labute approximate surface area is 258 Å². The molecule has 7 N–H and O–H groups in total. The molecule has 2 aromatic carbocycles. The topological polar surface area (TPSA) is 176 Å². The Morgan fingerprint density at radius 3 is 2.05 bits per heavy atom. The van der Waals surface area contributed by atoms with Crippen LogP contribution in [0.1, 0.15) is 104 Å². The number of hydrogen-bond acceptors (Lipinski definition) is 9. The van der Waals surface area contributed by atoms with Crippen molar-refractivity contribution in [2.75, 3.05) is 6.61 Å². The molecule has 44 heavy (non-hydrogen) atoms. The van der Waals surface area contributed by atoms with Gasteiger partial charge in [0.15, 0.2) is 5.60 Å². The summed E-state index contributed by atoms with van der Waals surface area (Å²) >= 11 is 0. The predicted molar refractivity (Wildman–Crippen MR) is 169 cm³/mol. The fraction of sp³-hybridized carbons (Fsp3) is 0.486. The van der Waals surface area contributed by atoms with Crippen molar-refractivity contribution in [1.29, 1.82) is 0 Å². The van der Waals surface area contributed by atoms with E-state index in [1.807, 2.05) is 19.9 Å². The van der Waals surface area contributed by atoms with E-state index in [4.69, 9.17) is 0 Å². The summed E-state index contributed by atoms with van der Waals surface area (Å²) in [6.07, 6.45) is 8.07. The third-order valence-corrected chi connectivity index (χ3v) is 8.65. The van der Waals surface area contributed by atoms with Gasteiger partial charge in [-0.15, -0.1) is 0 Å². The number of phenolic OH excluding ortho intramolecular Hbond substituents is 3. The van der Waals surface area contributed by atoms with Crippen LogP contribution in [0.2, 0.25) is 0 Å². The largest absolute Gasteiger partial charge is 0.507 e. The molecule has 9 nitrogen and oxygen atoms in total. The summed E-state index contributed by atoms with van der Waals surface area (Å²) in [5.41, 5.74) is -1.06. The number of rotatable bonds is 13. The molecule has 0 heterocycles. The Balaban J connectivity index is 1.68. The lowest BCUT2D eigenvalue weighted by Gasteiger charge is -2.32. The van der Waals surface area contributed by atoms with Gasteiger partial charge in [-0.05, 0) is 97.3 Å². The highest BCUT2D eigenvalue weighted by Gasteiger charge is 2.51. The average molecular weight is 611 g/mol. The van der Waals surface area contributed by atoms with Gasteiger partial charge in [0.05, 0.1) is 29.4 Å². The monoisotopic (exact) mass is 610 g/mol. The van der Waals surface area contributed by atoms with Gasteiger partial charge in [0.25, 0.3) is 0 Å². The van der Waals surface area contributed by atoms with E-state index < -0.39 is 40.4 Å². The van der Waals surface area contributed by atoms with E-state index in [1.165, 1.54) is 13.0 Å². The number of hydrogen-bond donors (Lipinski definition) is 7. The van der Waals surface area contributed by atoms with E-state index >= 15 is 0 Å².